The number of allylic oxidation sites excluding steroid dienone is 2. The van der Waals surface area contributed by atoms with Crippen molar-refractivity contribution in [2.75, 3.05) is 6.61 Å². The number of aliphatic hydroxyl groups is 2. The number of aliphatic hydroxyl groups excluding tert-OH is 1. The van der Waals surface area contributed by atoms with Gasteiger partial charge in [0.1, 0.15) is 0 Å². The lowest BCUT2D eigenvalue weighted by Gasteiger charge is -2.62. The van der Waals surface area contributed by atoms with Crippen LogP contribution in [0.25, 0.3) is 0 Å². The molecule has 4 fully saturated rings. The molecule has 4 saturated carbocycles. The highest BCUT2D eigenvalue weighted by Gasteiger charge is 2.65. The molecule has 0 spiro atoms. The highest BCUT2D eigenvalue weighted by molar-refractivity contribution is 5.28. The summed E-state index contributed by atoms with van der Waals surface area (Å²) >= 11 is 0. The second-order valence-corrected chi connectivity index (χ2v) is 10.1. The second-order valence-electron chi connectivity index (χ2n) is 10.1. The summed E-state index contributed by atoms with van der Waals surface area (Å²) in [6.07, 6.45) is 2.05. The van der Waals surface area contributed by atoms with Gasteiger partial charge in [0.25, 0.3) is 0 Å². The van der Waals surface area contributed by atoms with Crippen LogP contribution in [0.4, 0.5) is 13.2 Å². The molecule has 0 bridgehead atoms. The first-order valence-electron chi connectivity index (χ1n) is 10.6. The molecule has 0 saturated heterocycles. The van der Waals surface area contributed by atoms with Crippen LogP contribution in [0.3, 0.4) is 0 Å². The van der Waals surface area contributed by atoms with E-state index < -0.39 is 17.2 Å². The topological polar surface area (TPSA) is 64.2 Å². The molecule has 3 nitrogen and oxygen atoms in total. The normalized spacial score (nSPS) is 49.8. The Bertz CT molecular complexity index is 714. The third-order valence-corrected chi connectivity index (χ3v) is 9.33. The molecule has 4 aliphatic carbocycles. The molecular formula is C22H30F3NO2. The molecule has 1 unspecified atom stereocenters. The van der Waals surface area contributed by atoms with E-state index in [-0.39, 0.29) is 43.1 Å². The Morgan fingerprint density at radius 3 is 2.54 bits per heavy atom. The number of halogens is 3. The predicted molar refractivity (Wildman–Crippen MR) is 97.8 cm³/mol. The molecule has 2 N–H and O–H groups in total. The van der Waals surface area contributed by atoms with Crippen LogP contribution >= 0.6 is 0 Å². The van der Waals surface area contributed by atoms with E-state index in [1.54, 1.807) is 6.08 Å². The largest absolute Gasteiger partial charge is 0.417 e. The van der Waals surface area contributed by atoms with E-state index in [4.69, 9.17) is 5.26 Å². The van der Waals surface area contributed by atoms with Crippen molar-refractivity contribution in [1.82, 2.24) is 0 Å². The summed E-state index contributed by atoms with van der Waals surface area (Å²) in [4.78, 5) is 0. The average Bonchev–Trinajstić information content (AvgIpc) is 2.97. The van der Waals surface area contributed by atoms with E-state index in [9.17, 15) is 23.4 Å². The monoisotopic (exact) mass is 397 g/mol. The van der Waals surface area contributed by atoms with Crippen molar-refractivity contribution in [3.8, 4) is 6.07 Å². The van der Waals surface area contributed by atoms with Gasteiger partial charge in [-0.25, -0.2) is 0 Å². The highest BCUT2D eigenvalue weighted by Crippen LogP contribution is 2.68. The first kappa shape index (κ1) is 20.2. The van der Waals surface area contributed by atoms with Crippen LogP contribution in [0.1, 0.15) is 64.7 Å². The lowest BCUT2D eigenvalue weighted by atomic mass is 9.43. The molecule has 0 radical (unpaired) electrons. The molecule has 0 aliphatic heterocycles. The summed E-state index contributed by atoms with van der Waals surface area (Å²) in [7, 11) is 0. The lowest BCUT2D eigenvalue weighted by Crippen LogP contribution is -2.60. The van der Waals surface area contributed by atoms with E-state index in [2.05, 4.69) is 13.0 Å². The minimum atomic E-state index is -4.61. The minimum Gasteiger partial charge on any atom is -0.396 e. The molecule has 0 aromatic rings. The standard InChI is InChI=1S/C22H30F3NO2/c1-19-8-6-18-16(17(19)5-3-14(19)7-11-26)4-2-15-12-21(28,22(23,24)25)10-9-20(15,18)13-27/h7,15-18,27-28H,2-6,8-10,12-13H2,1H3/b14-7-/t15-,16+,17+,18+,19?,20-,21-/m1/s1. The van der Waals surface area contributed by atoms with E-state index in [1.165, 1.54) is 5.57 Å². The van der Waals surface area contributed by atoms with Crippen LogP contribution in [-0.2, 0) is 0 Å². The lowest BCUT2D eigenvalue weighted by molar-refractivity contribution is -0.293. The Morgan fingerprint density at radius 1 is 1.14 bits per heavy atom. The van der Waals surface area contributed by atoms with Crippen molar-refractivity contribution in [3.63, 3.8) is 0 Å². The molecule has 28 heavy (non-hydrogen) atoms. The fourth-order valence-corrected chi connectivity index (χ4v) is 7.78. The summed E-state index contributed by atoms with van der Waals surface area (Å²) < 4.78 is 40.3. The van der Waals surface area contributed by atoms with Gasteiger partial charge >= 0.3 is 6.18 Å². The van der Waals surface area contributed by atoms with Crippen LogP contribution in [0.15, 0.2) is 11.6 Å². The van der Waals surface area contributed by atoms with Gasteiger partial charge < -0.3 is 10.2 Å². The third-order valence-electron chi connectivity index (χ3n) is 9.33. The van der Waals surface area contributed by atoms with Gasteiger partial charge in [-0.15, -0.1) is 0 Å². The minimum absolute atomic E-state index is 0.0156. The van der Waals surface area contributed by atoms with E-state index in [0.717, 1.165) is 32.1 Å². The number of hydrogen-bond acceptors (Lipinski definition) is 3. The number of fused-ring (bicyclic) bond motifs is 5. The van der Waals surface area contributed by atoms with Crippen molar-refractivity contribution < 1.29 is 23.4 Å². The molecule has 156 valence electrons. The zero-order valence-electron chi connectivity index (χ0n) is 16.4. The third kappa shape index (κ3) is 2.61. The van der Waals surface area contributed by atoms with Crippen LogP contribution in [0.2, 0.25) is 0 Å². The van der Waals surface area contributed by atoms with Crippen molar-refractivity contribution in [2.24, 2.45) is 34.5 Å². The van der Waals surface area contributed by atoms with Crippen molar-refractivity contribution in [2.45, 2.75) is 76.5 Å². The Labute approximate surface area is 164 Å². The van der Waals surface area contributed by atoms with E-state index in [0.29, 0.717) is 18.3 Å². The Hall–Kier alpha value is -1.06. The summed E-state index contributed by atoms with van der Waals surface area (Å²) in [6.45, 7) is 2.17. The molecule has 7 atom stereocenters. The molecule has 6 heteroatoms. The summed E-state index contributed by atoms with van der Waals surface area (Å²) in [5, 5.41) is 29.8. The molecule has 0 amide bonds. The van der Waals surface area contributed by atoms with E-state index >= 15 is 0 Å². The maximum Gasteiger partial charge on any atom is 0.417 e. The van der Waals surface area contributed by atoms with Gasteiger partial charge in [-0.3, -0.25) is 0 Å². The number of hydrogen-bond donors (Lipinski definition) is 2. The number of nitriles is 1. The van der Waals surface area contributed by atoms with Crippen molar-refractivity contribution in [1.29, 1.82) is 5.26 Å². The maximum absolute atomic E-state index is 13.4. The smallest absolute Gasteiger partial charge is 0.396 e. The number of rotatable bonds is 1. The fraction of sp³-hybridized carbons (Fsp3) is 0.864. The molecular weight excluding hydrogens is 367 g/mol. The van der Waals surface area contributed by atoms with Crippen LogP contribution in [0.5, 0.6) is 0 Å². The highest BCUT2D eigenvalue weighted by atomic mass is 19.4. The van der Waals surface area contributed by atoms with Crippen molar-refractivity contribution >= 4 is 0 Å². The molecule has 0 heterocycles. The van der Waals surface area contributed by atoms with Gasteiger partial charge in [-0.05, 0) is 92.3 Å². The van der Waals surface area contributed by atoms with E-state index in [1.807, 2.05) is 0 Å². The van der Waals surface area contributed by atoms with Crippen LogP contribution < -0.4 is 0 Å². The maximum atomic E-state index is 13.4. The zero-order chi connectivity index (χ0) is 20.4. The number of alkyl halides is 3. The SMILES string of the molecule is CC12CC[C@H]3[C@@H](CC[C@@H]4C[C@@](O)(C(F)(F)F)CC[C@@]43CO)[C@@H]1CC/C2=C/C#N. The Kier molecular flexibility index (Phi) is 4.67. The van der Waals surface area contributed by atoms with Gasteiger partial charge in [0, 0.05) is 12.7 Å². The molecule has 4 aliphatic rings. The zero-order valence-corrected chi connectivity index (χ0v) is 16.4. The average molecular weight is 397 g/mol. The summed E-state index contributed by atoms with van der Waals surface area (Å²) in [5.41, 5.74) is -1.86. The first-order valence-corrected chi connectivity index (χ1v) is 10.6. The first-order chi connectivity index (χ1) is 13.1. The summed E-state index contributed by atoms with van der Waals surface area (Å²) in [6, 6.07) is 2.19. The Morgan fingerprint density at radius 2 is 1.89 bits per heavy atom. The molecule has 4 rings (SSSR count). The molecule has 0 aromatic heterocycles. The van der Waals surface area contributed by atoms with Crippen LogP contribution in [0, 0.1) is 45.8 Å². The Balaban J connectivity index is 1.63. The number of nitrogens with zero attached hydrogens (tertiary/aromatic N) is 1. The van der Waals surface area contributed by atoms with Gasteiger partial charge in [0.15, 0.2) is 5.60 Å². The summed E-state index contributed by atoms with van der Waals surface area (Å²) in [5.74, 6) is 0.773. The second kappa shape index (κ2) is 6.47. The quantitative estimate of drug-likeness (QED) is 0.628. The van der Waals surface area contributed by atoms with Gasteiger partial charge in [0.05, 0.1) is 6.07 Å². The fourth-order valence-electron chi connectivity index (χ4n) is 7.78. The van der Waals surface area contributed by atoms with Crippen molar-refractivity contribution in [3.05, 3.63) is 11.6 Å². The van der Waals surface area contributed by atoms with Gasteiger partial charge in [-0.1, -0.05) is 12.5 Å². The predicted octanol–water partition coefficient (Wildman–Crippen LogP) is 4.74. The molecule has 0 aromatic carbocycles. The van der Waals surface area contributed by atoms with Gasteiger partial charge in [0.2, 0.25) is 0 Å². The van der Waals surface area contributed by atoms with Crippen LogP contribution in [-0.4, -0.2) is 28.6 Å². The van der Waals surface area contributed by atoms with Gasteiger partial charge in [-0.2, -0.15) is 18.4 Å².